The lowest BCUT2D eigenvalue weighted by Crippen LogP contribution is -1.91. The van der Waals surface area contributed by atoms with Gasteiger partial charge in [-0.25, -0.2) is 8.78 Å². The molecule has 0 unspecified atom stereocenters. The fourth-order valence-electron chi connectivity index (χ4n) is 0.931. The molecule has 0 bridgehead atoms. The quantitative estimate of drug-likeness (QED) is 0.700. The molecular weight excluding hydrogens is 249 g/mol. The standard InChI is InChI=1S/C8H6BrClF2/c1-4-2-3-5(9)7(10)6(4)8(11)12/h2-3,8H,1H3. The molecule has 1 aromatic rings. The van der Waals surface area contributed by atoms with E-state index < -0.39 is 6.43 Å². The normalized spacial score (nSPS) is 10.8. The van der Waals surface area contributed by atoms with Crippen LogP contribution in [0.4, 0.5) is 8.78 Å². The molecule has 0 nitrogen and oxygen atoms in total. The van der Waals surface area contributed by atoms with Gasteiger partial charge in [-0.15, -0.1) is 0 Å². The highest BCUT2D eigenvalue weighted by Gasteiger charge is 2.16. The molecule has 0 N–H and O–H groups in total. The van der Waals surface area contributed by atoms with Gasteiger partial charge < -0.3 is 0 Å². The number of benzene rings is 1. The fraction of sp³-hybridized carbons (Fsp3) is 0.250. The molecule has 0 aliphatic carbocycles. The molecule has 66 valence electrons. The summed E-state index contributed by atoms with van der Waals surface area (Å²) in [5.74, 6) is 0. The van der Waals surface area contributed by atoms with Crippen molar-refractivity contribution in [3.8, 4) is 0 Å². The molecule has 0 aromatic heterocycles. The van der Waals surface area contributed by atoms with Gasteiger partial charge in [0.1, 0.15) is 0 Å². The van der Waals surface area contributed by atoms with Crippen LogP contribution in [0, 0.1) is 6.92 Å². The topological polar surface area (TPSA) is 0 Å². The Morgan fingerprint density at radius 2 is 2.00 bits per heavy atom. The van der Waals surface area contributed by atoms with Crippen molar-refractivity contribution in [3.05, 3.63) is 32.8 Å². The molecule has 0 amide bonds. The van der Waals surface area contributed by atoms with E-state index in [9.17, 15) is 8.78 Å². The molecule has 1 rings (SSSR count). The third-order valence-electron chi connectivity index (χ3n) is 1.57. The Morgan fingerprint density at radius 1 is 1.42 bits per heavy atom. The second-order valence-corrected chi connectivity index (χ2v) is 3.62. The lowest BCUT2D eigenvalue weighted by atomic mass is 10.1. The van der Waals surface area contributed by atoms with Crippen LogP contribution in [0.25, 0.3) is 0 Å². The third-order valence-corrected chi connectivity index (χ3v) is 2.87. The van der Waals surface area contributed by atoms with Crippen LogP contribution >= 0.6 is 27.5 Å². The Labute approximate surface area is 82.7 Å². The lowest BCUT2D eigenvalue weighted by Gasteiger charge is -2.07. The van der Waals surface area contributed by atoms with Crippen molar-refractivity contribution in [3.63, 3.8) is 0 Å². The summed E-state index contributed by atoms with van der Waals surface area (Å²) in [6, 6.07) is 3.26. The average Bonchev–Trinajstić information content (AvgIpc) is 1.97. The van der Waals surface area contributed by atoms with Crippen LogP contribution in [0.5, 0.6) is 0 Å². The molecule has 0 heterocycles. The summed E-state index contributed by atoms with van der Waals surface area (Å²) in [7, 11) is 0. The summed E-state index contributed by atoms with van der Waals surface area (Å²) in [6.07, 6.45) is -2.52. The van der Waals surface area contributed by atoms with E-state index in [1.165, 1.54) is 0 Å². The van der Waals surface area contributed by atoms with Crippen molar-refractivity contribution in [2.24, 2.45) is 0 Å². The molecule has 0 aliphatic heterocycles. The predicted octanol–water partition coefficient (Wildman–Crippen LogP) is 4.35. The summed E-state index contributed by atoms with van der Waals surface area (Å²) in [5, 5.41) is 0.102. The largest absolute Gasteiger partial charge is 0.265 e. The number of halogens is 4. The third kappa shape index (κ3) is 1.77. The van der Waals surface area contributed by atoms with Crippen LogP contribution in [0.15, 0.2) is 16.6 Å². The molecule has 12 heavy (non-hydrogen) atoms. The van der Waals surface area contributed by atoms with E-state index in [4.69, 9.17) is 11.6 Å². The molecule has 0 aliphatic rings. The van der Waals surface area contributed by atoms with Gasteiger partial charge in [0.15, 0.2) is 0 Å². The van der Waals surface area contributed by atoms with E-state index in [-0.39, 0.29) is 10.6 Å². The Morgan fingerprint density at radius 3 is 2.42 bits per heavy atom. The van der Waals surface area contributed by atoms with E-state index in [2.05, 4.69) is 15.9 Å². The zero-order valence-corrected chi connectivity index (χ0v) is 8.59. The summed E-state index contributed by atoms with van der Waals surface area (Å²) >= 11 is 8.75. The summed E-state index contributed by atoms with van der Waals surface area (Å²) in [5.41, 5.74) is 0.421. The number of hydrogen-bond donors (Lipinski definition) is 0. The first-order valence-corrected chi connectivity index (χ1v) is 4.43. The zero-order chi connectivity index (χ0) is 9.30. The first-order valence-electron chi connectivity index (χ1n) is 3.26. The average molecular weight is 255 g/mol. The van der Waals surface area contributed by atoms with Crippen LogP contribution in [-0.2, 0) is 0 Å². The molecule has 1 aromatic carbocycles. The molecule has 0 saturated heterocycles. The number of hydrogen-bond acceptors (Lipinski definition) is 0. The molecule has 0 radical (unpaired) electrons. The van der Waals surface area contributed by atoms with Crippen LogP contribution < -0.4 is 0 Å². The maximum Gasteiger partial charge on any atom is 0.265 e. The van der Waals surface area contributed by atoms with E-state index in [1.807, 2.05) is 0 Å². The first kappa shape index (κ1) is 9.93. The van der Waals surface area contributed by atoms with Gasteiger partial charge >= 0.3 is 0 Å². The highest BCUT2D eigenvalue weighted by atomic mass is 79.9. The minimum Gasteiger partial charge on any atom is -0.205 e. The summed E-state index contributed by atoms with van der Waals surface area (Å²) in [6.45, 7) is 1.61. The van der Waals surface area contributed by atoms with Crippen molar-refractivity contribution in [2.75, 3.05) is 0 Å². The van der Waals surface area contributed by atoms with Crippen molar-refractivity contribution in [1.82, 2.24) is 0 Å². The van der Waals surface area contributed by atoms with Gasteiger partial charge in [-0.3, -0.25) is 0 Å². The Bertz CT molecular complexity index is 299. The molecular formula is C8H6BrClF2. The Hall–Kier alpha value is -0.150. The number of rotatable bonds is 1. The van der Waals surface area contributed by atoms with Gasteiger partial charge in [0.05, 0.1) is 5.02 Å². The molecule has 0 fully saturated rings. The number of aryl methyl sites for hydroxylation is 1. The van der Waals surface area contributed by atoms with Crippen molar-refractivity contribution < 1.29 is 8.78 Å². The van der Waals surface area contributed by atoms with Gasteiger partial charge in [0, 0.05) is 10.0 Å². The smallest absolute Gasteiger partial charge is 0.205 e. The van der Waals surface area contributed by atoms with Gasteiger partial charge in [0.25, 0.3) is 6.43 Å². The maximum atomic E-state index is 12.4. The van der Waals surface area contributed by atoms with E-state index in [0.29, 0.717) is 10.0 Å². The second-order valence-electron chi connectivity index (χ2n) is 2.39. The van der Waals surface area contributed by atoms with Gasteiger partial charge in [-0.1, -0.05) is 17.7 Å². The summed E-state index contributed by atoms with van der Waals surface area (Å²) in [4.78, 5) is 0. The van der Waals surface area contributed by atoms with Gasteiger partial charge in [0.2, 0.25) is 0 Å². The maximum absolute atomic E-state index is 12.4. The highest BCUT2D eigenvalue weighted by Crippen LogP contribution is 2.34. The Balaban J connectivity index is 3.33. The van der Waals surface area contributed by atoms with E-state index in [0.717, 1.165) is 0 Å². The van der Waals surface area contributed by atoms with Crippen LogP contribution in [0.1, 0.15) is 17.6 Å². The first-order chi connectivity index (χ1) is 5.54. The minimum atomic E-state index is -2.52. The van der Waals surface area contributed by atoms with Crippen molar-refractivity contribution in [2.45, 2.75) is 13.3 Å². The van der Waals surface area contributed by atoms with Crippen LogP contribution in [0.3, 0.4) is 0 Å². The monoisotopic (exact) mass is 254 g/mol. The van der Waals surface area contributed by atoms with Crippen LogP contribution in [0.2, 0.25) is 5.02 Å². The lowest BCUT2D eigenvalue weighted by molar-refractivity contribution is 0.150. The predicted molar refractivity (Wildman–Crippen MR) is 48.8 cm³/mol. The van der Waals surface area contributed by atoms with Crippen molar-refractivity contribution >= 4 is 27.5 Å². The van der Waals surface area contributed by atoms with Gasteiger partial charge in [-0.05, 0) is 34.5 Å². The van der Waals surface area contributed by atoms with Crippen molar-refractivity contribution in [1.29, 1.82) is 0 Å². The zero-order valence-electron chi connectivity index (χ0n) is 6.24. The van der Waals surface area contributed by atoms with Gasteiger partial charge in [-0.2, -0.15) is 0 Å². The van der Waals surface area contributed by atoms with E-state index in [1.54, 1.807) is 19.1 Å². The number of alkyl halides is 2. The molecule has 0 spiro atoms. The second kappa shape index (κ2) is 3.71. The molecule has 0 saturated carbocycles. The van der Waals surface area contributed by atoms with E-state index >= 15 is 0 Å². The fourth-order valence-corrected chi connectivity index (χ4v) is 1.57. The SMILES string of the molecule is Cc1ccc(Br)c(Cl)c1C(F)F. The van der Waals surface area contributed by atoms with Crippen LogP contribution in [-0.4, -0.2) is 0 Å². The summed E-state index contributed by atoms with van der Waals surface area (Å²) < 4.78 is 25.2. The molecule has 0 atom stereocenters. The Kier molecular flexibility index (Phi) is 3.07. The highest BCUT2D eigenvalue weighted by molar-refractivity contribution is 9.10. The minimum absolute atomic E-state index is 0.0916. The molecule has 4 heteroatoms.